The molecule has 0 N–H and O–H groups in total. The van der Waals surface area contributed by atoms with Crippen molar-refractivity contribution in [3.05, 3.63) is 29.0 Å². The lowest BCUT2D eigenvalue weighted by Crippen LogP contribution is -1.89. The smallest absolute Gasteiger partial charge is 0.285 e. The van der Waals surface area contributed by atoms with Crippen LogP contribution < -0.4 is 0 Å². The molecule has 5 nitrogen and oxygen atoms in total. The highest BCUT2D eigenvalue weighted by Gasteiger charge is 2.12. The summed E-state index contributed by atoms with van der Waals surface area (Å²) in [5.41, 5.74) is 1.66. The van der Waals surface area contributed by atoms with E-state index in [-0.39, 0.29) is 0 Å². The number of fused-ring (bicyclic) bond motifs is 1. The van der Waals surface area contributed by atoms with Crippen LogP contribution in [-0.4, -0.2) is 25.8 Å². The summed E-state index contributed by atoms with van der Waals surface area (Å²) in [7, 11) is 0. The van der Waals surface area contributed by atoms with Gasteiger partial charge in [-0.25, -0.2) is 4.98 Å². The monoisotopic (exact) mass is 340 g/mol. The molecule has 0 radical (unpaired) electrons. The minimum atomic E-state index is 0.542. The maximum absolute atomic E-state index is 5.07. The number of pyridine rings is 1. The van der Waals surface area contributed by atoms with E-state index in [1.165, 1.54) is 11.8 Å². The number of hydrogen-bond donors (Lipinski definition) is 0. The Morgan fingerprint density at radius 1 is 1.32 bits per heavy atom. The number of rotatable bonds is 2. The van der Waals surface area contributed by atoms with Gasteiger partial charge in [-0.2, -0.15) is 4.98 Å². The summed E-state index contributed by atoms with van der Waals surface area (Å²) in [5.74, 6) is 0.542. The Balaban J connectivity index is 0.000000637. The lowest BCUT2D eigenvalue weighted by molar-refractivity contribution is 0.341. The van der Waals surface area contributed by atoms with Gasteiger partial charge in [0.05, 0.1) is 6.20 Å². The Kier molecular flexibility index (Phi) is 4.60. The zero-order chi connectivity index (χ0) is 13.8. The summed E-state index contributed by atoms with van der Waals surface area (Å²) in [6.07, 6.45) is 5.55. The third-order valence-corrected chi connectivity index (χ3v) is 3.26. The van der Waals surface area contributed by atoms with Gasteiger partial charge >= 0.3 is 0 Å². The van der Waals surface area contributed by atoms with E-state index in [2.05, 4.69) is 31.1 Å². The van der Waals surface area contributed by atoms with E-state index in [4.69, 9.17) is 4.52 Å². The first-order valence-electron chi connectivity index (χ1n) is 5.78. The normalized spacial score (nSPS) is 10.3. The number of nitrogens with zero attached hydrogens (tertiary/aromatic N) is 4. The standard InChI is InChI=1S/C10H7BrN4OS.C2H6/c1-17-10-13-9(14-16-10)7-4-12-8-3-2-6(11)5-15(7)8;1-2/h2-5H,1H3;1-2H3. The first-order valence-corrected chi connectivity index (χ1v) is 7.80. The van der Waals surface area contributed by atoms with Crippen molar-refractivity contribution in [3.63, 3.8) is 0 Å². The van der Waals surface area contributed by atoms with Crippen LogP contribution >= 0.6 is 27.7 Å². The predicted molar refractivity (Wildman–Crippen MR) is 79.3 cm³/mol. The molecular weight excluding hydrogens is 328 g/mol. The molecular formula is C12H13BrN4OS. The fourth-order valence-electron chi connectivity index (χ4n) is 1.52. The minimum Gasteiger partial charge on any atom is -0.327 e. The Morgan fingerprint density at radius 2 is 2.11 bits per heavy atom. The van der Waals surface area contributed by atoms with E-state index < -0.39 is 0 Å². The van der Waals surface area contributed by atoms with Crippen molar-refractivity contribution in [1.29, 1.82) is 0 Å². The third kappa shape index (κ3) is 2.82. The van der Waals surface area contributed by atoms with Crippen LogP contribution in [0.5, 0.6) is 0 Å². The molecule has 19 heavy (non-hydrogen) atoms. The zero-order valence-corrected chi connectivity index (χ0v) is 13.2. The van der Waals surface area contributed by atoms with Crippen molar-refractivity contribution in [3.8, 4) is 11.5 Å². The van der Waals surface area contributed by atoms with Crippen molar-refractivity contribution in [2.24, 2.45) is 0 Å². The molecule has 7 heteroatoms. The summed E-state index contributed by atoms with van der Waals surface area (Å²) >= 11 is 4.84. The Morgan fingerprint density at radius 3 is 2.79 bits per heavy atom. The number of hydrogen-bond acceptors (Lipinski definition) is 5. The Bertz CT molecular complexity index is 679. The quantitative estimate of drug-likeness (QED) is 0.662. The van der Waals surface area contributed by atoms with Crippen LogP contribution in [0.2, 0.25) is 0 Å². The molecule has 0 aliphatic rings. The van der Waals surface area contributed by atoms with E-state index in [1.54, 1.807) is 6.20 Å². The molecule has 0 aliphatic carbocycles. The molecule has 3 aromatic heterocycles. The average Bonchev–Trinajstić information content (AvgIpc) is 3.06. The maximum Gasteiger partial charge on any atom is 0.285 e. The Hall–Kier alpha value is -1.34. The Labute approximate surface area is 123 Å². The number of aromatic nitrogens is 4. The van der Waals surface area contributed by atoms with Gasteiger partial charge in [0.2, 0.25) is 5.82 Å². The average molecular weight is 341 g/mol. The zero-order valence-electron chi connectivity index (χ0n) is 10.8. The van der Waals surface area contributed by atoms with E-state index in [0.717, 1.165) is 15.8 Å². The van der Waals surface area contributed by atoms with Gasteiger partial charge in [-0.3, -0.25) is 4.40 Å². The lowest BCUT2D eigenvalue weighted by Gasteiger charge is -1.97. The summed E-state index contributed by atoms with van der Waals surface area (Å²) in [6, 6.07) is 3.86. The van der Waals surface area contributed by atoms with Crippen molar-refractivity contribution < 1.29 is 4.52 Å². The van der Waals surface area contributed by atoms with Crippen molar-refractivity contribution >= 4 is 33.3 Å². The van der Waals surface area contributed by atoms with Crippen LogP contribution in [0.4, 0.5) is 0 Å². The van der Waals surface area contributed by atoms with E-state index in [9.17, 15) is 0 Å². The highest BCUT2D eigenvalue weighted by atomic mass is 79.9. The van der Waals surface area contributed by atoms with Gasteiger partial charge in [-0.05, 0) is 34.3 Å². The second-order valence-electron chi connectivity index (χ2n) is 3.31. The topological polar surface area (TPSA) is 56.2 Å². The van der Waals surface area contributed by atoms with E-state index in [0.29, 0.717) is 11.0 Å². The molecule has 0 bridgehead atoms. The molecule has 0 amide bonds. The summed E-state index contributed by atoms with van der Waals surface area (Å²) in [6.45, 7) is 4.00. The van der Waals surface area contributed by atoms with Crippen LogP contribution in [0, 0.1) is 0 Å². The third-order valence-electron chi connectivity index (χ3n) is 2.28. The highest BCUT2D eigenvalue weighted by molar-refractivity contribution is 9.10. The van der Waals surface area contributed by atoms with Gasteiger partial charge in [0.1, 0.15) is 11.3 Å². The van der Waals surface area contributed by atoms with Gasteiger partial charge in [-0.1, -0.05) is 30.8 Å². The second kappa shape index (κ2) is 6.21. The van der Waals surface area contributed by atoms with Crippen LogP contribution in [0.1, 0.15) is 13.8 Å². The van der Waals surface area contributed by atoms with Crippen molar-refractivity contribution in [2.75, 3.05) is 6.26 Å². The fourth-order valence-corrected chi connectivity index (χ4v) is 2.14. The first-order chi connectivity index (χ1) is 9.28. The maximum atomic E-state index is 5.07. The van der Waals surface area contributed by atoms with Gasteiger partial charge in [0.15, 0.2) is 0 Å². The lowest BCUT2D eigenvalue weighted by atomic mass is 10.4. The molecule has 3 rings (SSSR count). The van der Waals surface area contributed by atoms with Gasteiger partial charge < -0.3 is 4.52 Å². The molecule has 0 atom stereocenters. The molecule has 3 aromatic rings. The number of thioether (sulfide) groups is 1. The fraction of sp³-hybridized carbons (Fsp3) is 0.250. The van der Waals surface area contributed by atoms with Crippen LogP contribution in [-0.2, 0) is 0 Å². The minimum absolute atomic E-state index is 0.542. The van der Waals surface area contributed by atoms with Gasteiger partial charge in [0, 0.05) is 10.7 Å². The van der Waals surface area contributed by atoms with Crippen LogP contribution in [0.25, 0.3) is 17.2 Å². The predicted octanol–water partition coefficient (Wildman–Crippen LogP) is 3.89. The summed E-state index contributed by atoms with van der Waals surface area (Å²) in [5, 5.41) is 4.47. The molecule has 100 valence electrons. The first kappa shape index (κ1) is 14.1. The van der Waals surface area contributed by atoms with E-state index >= 15 is 0 Å². The number of halogens is 1. The van der Waals surface area contributed by atoms with Crippen LogP contribution in [0.3, 0.4) is 0 Å². The van der Waals surface area contributed by atoms with Crippen molar-refractivity contribution in [1.82, 2.24) is 19.5 Å². The molecule has 3 heterocycles. The molecule has 0 saturated carbocycles. The van der Waals surface area contributed by atoms with Crippen LogP contribution in [0.15, 0.2) is 38.7 Å². The van der Waals surface area contributed by atoms with Gasteiger partial charge in [-0.15, -0.1) is 0 Å². The summed E-state index contributed by atoms with van der Waals surface area (Å²) in [4.78, 5) is 8.54. The van der Waals surface area contributed by atoms with Gasteiger partial charge in [0.25, 0.3) is 5.22 Å². The molecule has 0 spiro atoms. The molecule has 0 aliphatic heterocycles. The van der Waals surface area contributed by atoms with E-state index in [1.807, 2.05) is 42.8 Å². The largest absolute Gasteiger partial charge is 0.327 e. The second-order valence-corrected chi connectivity index (χ2v) is 4.98. The SMILES string of the molecule is CC.CSc1nc(-c2cnc3ccc(Br)cn23)no1. The summed E-state index contributed by atoms with van der Waals surface area (Å²) < 4.78 is 7.95. The molecule has 0 saturated heterocycles. The highest BCUT2D eigenvalue weighted by Crippen LogP contribution is 2.22. The molecule has 0 aromatic carbocycles. The van der Waals surface area contributed by atoms with Crippen molar-refractivity contribution in [2.45, 2.75) is 19.1 Å². The molecule has 0 fully saturated rings. The molecule has 0 unspecified atom stereocenters. The number of imidazole rings is 1.